The topological polar surface area (TPSA) is 12.0 Å². The zero-order valence-corrected chi connectivity index (χ0v) is 12.2. The molecule has 1 nitrogen and oxygen atoms in total. The molecule has 0 aromatic heterocycles. The summed E-state index contributed by atoms with van der Waals surface area (Å²) in [4.78, 5) is 0. The molecule has 1 rings (SSSR count). The molecule has 1 N–H and O–H groups in total. The fourth-order valence-electron chi connectivity index (χ4n) is 2.17. The minimum absolute atomic E-state index is 1.11. The van der Waals surface area contributed by atoms with Crippen molar-refractivity contribution in [2.24, 2.45) is 0 Å². The molecule has 1 aromatic carbocycles. The second-order valence-corrected chi connectivity index (χ2v) is 5.10. The lowest BCUT2D eigenvalue weighted by molar-refractivity contribution is 0.596. The summed E-state index contributed by atoms with van der Waals surface area (Å²) in [7, 11) is 0. The van der Waals surface area contributed by atoms with Gasteiger partial charge in [-0.15, -0.1) is 0 Å². The SMILES string of the molecule is CCCCCCCCCNc1ccc(CC)cc1. The lowest BCUT2D eigenvalue weighted by Gasteiger charge is -2.07. The Kier molecular flexibility index (Phi) is 8.37. The summed E-state index contributed by atoms with van der Waals surface area (Å²) < 4.78 is 0. The fraction of sp³-hybridized carbons (Fsp3) is 0.647. The molecule has 0 saturated heterocycles. The Balaban J connectivity index is 2.00. The first kappa shape index (κ1) is 15.1. The smallest absolute Gasteiger partial charge is 0.0340 e. The van der Waals surface area contributed by atoms with Crippen molar-refractivity contribution in [2.45, 2.75) is 65.2 Å². The van der Waals surface area contributed by atoms with Crippen molar-refractivity contribution in [1.29, 1.82) is 0 Å². The Morgan fingerprint density at radius 1 is 0.778 bits per heavy atom. The third-order valence-corrected chi connectivity index (χ3v) is 3.47. The van der Waals surface area contributed by atoms with Crippen molar-refractivity contribution >= 4 is 5.69 Å². The highest BCUT2D eigenvalue weighted by atomic mass is 14.9. The van der Waals surface area contributed by atoms with E-state index in [4.69, 9.17) is 0 Å². The molecule has 0 bridgehead atoms. The minimum atomic E-state index is 1.11. The maximum atomic E-state index is 3.50. The minimum Gasteiger partial charge on any atom is -0.385 e. The number of unbranched alkanes of at least 4 members (excludes halogenated alkanes) is 6. The lowest BCUT2D eigenvalue weighted by Crippen LogP contribution is -2.01. The highest BCUT2D eigenvalue weighted by Crippen LogP contribution is 2.11. The van der Waals surface area contributed by atoms with Crippen LogP contribution in [0.5, 0.6) is 0 Å². The summed E-state index contributed by atoms with van der Waals surface area (Å²) >= 11 is 0. The average Bonchev–Trinajstić information content (AvgIpc) is 2.42. The lowest BCUT2D eigenvalue weighted by atomic mass is 10.1. The van der Waals surface area contributed by atoms with Crippen LogP contribution in [-0.2, 0) is 6.42 Å². The molecular weight excluding hydrogens is 218 g/mol. The Morgan fingerprint density at radius 2 is 1.39 bits per heavy atom. The third kappa shape index (κ3) is 6.68. The van der Waals surface area contributed by atoms with E-state index in [1.54, 1.807) is 0 Å². The van der Waals surface area contributed by atoms with Gasteiger partial charge in [0.15, 0.2) is 0 Å². The van der Waals surface area contributed by atoms with E-state index < -0.39 is 0 Å². The Labute approximate surface area is 113 Å². The van der Waals surface area contributed by atoms with Gasteiger partial charge in [0.05, 0.1) is 0 Å². The zero-order chi connectivity index (χ0) is 13.1. The van der Waals surface area contributed by atoms with E-state index in [-0.39, 0.29) is 0 Å². The molecule has 1 aromatic rings. The number of aryl methyl sites for hydroxylation is 1. The second-order valence-electron chi connectivity index (χ2n) is 5.10. The summed E-state index contributed by atoms with van der Waals surface area (Å²) in [5.74, 6) is 0. The average molecular weight is 247 g/mol. The Bertz CT molecular complexity index is 289. The molecule has 0 heterocycles. The van der Waals surface area contributed by atoms with Gasteiger partial charge in [0.25, 0.3) is 0 Å². The van der Waals surface area contributed by atoms with Crippen LogP contribution in [0.2, 0.25) is 0 Å². The highest BCUT2D eigenvalue weighted by Gasteiger charge is 1.93. The van der Waals surface area contributed by atoms with Crippen molar-refractivity contribution in [3.63, 3.8) is 0 Å². The molecule has 0 radical (unpaired) electrons. The molecule has 0 saturated carbocycles. The van der Waals surface area contributed by atoms with Crippen molar-refractivity contribution < 1.29 is 0 Å². The van der Waals surface area contributed by atoms with Crippen LogP contribution in [0.3, 0.4) is 0 Å². The molecule has 0 unspecified atom stereocenters. The summed E-state index contributed by atoms with van der Waals surface area (Å²) in [6.07, 6.45) is 10.8. The summed E-state index contributed by atoms with van der Waals surface area (Å²) in [5.41, 5.74) is 2.68. The molecule has 18 heavy (non-hydrogen) atoms. The summed E-state index contributed by atoms with van der Waals surface area (Å²) in [6, 6.07) is 8.82. The maximum Gasteiger partial charge on any atom is 0.0340 e. The first-order chi connectivity index (χ1) is 8.86. The summed E-state index contributed by atoms with van der Waals surface area (Å²) in [5, 5.41) is 3.50. The first-order valence-corrected chi connectivity index (χ1v) is 7.69. The van der Waals surface area contributed by atoms with E-state index >= 15 is 0 Å². The first-order valence-electron chi connectivity index (χ1n) is 7.69. The van der Waals surface area contributed by atoms with Gasteiger partial charge < -0.3 is 5.32 Å². The molecular formula is C17H29N. The number of nitrogens with one attached hydrogen (secondary N) is 1. The molecule has 0 fully saturated rings. The van der Waals surface area contributed by atoms with E-state index in [1.165, 1.54) is 56.2 Å². The quantitative estimate of drug-likeness (QED) is 0.545. The van der Waals surface area contributed by atoms with Gasteiger partial charge in [-0.2, -0.15) is 0 Å². The van der Waals surface area contributed by atoms with Gasteiger partial charge in [-0.25, -0.2) is 0 Å². The van der Waals surface area contributed by atoms with Gasteiger partial charge in [0.2, 0.25) is 0 Å². The normalized spacial score (nSPS) is 10.6. The molecule has 1 heteroatoms. The van der Waals surface area contributed by atoms with Gasteiger partial charge >= 0.3 is 0 Å². The number of hydrogen-bond donors (Lipinski definition) is 1. The standard InChI is InChI=1S/C17H29N/c1-3-5-6-7-8-9-10-15-18-17-13-11-16(4-2)12-14-17/h11-14,18H,3-10,15H2,1-2H3. The van der Waals surface area contributed by atoms with E-state index in [1.807, 2.05) is 0 Å². The van der Waals surface area contributed by atoms with Crippen LogP contribution in [0.4, 0.5) is 5.69 Å². The Morgan fingerprint density at radius 3 is 2.00 bits per heavy atom. The van der Waals surface area contributed by atoms with Gasteiger partial charge in [0, 0.05) is 12.2 Å². The number of benzene rings is 1. The van der Waals surface area contributed by atoms with Crippen LogP contribution in [0.15, 0.2) is 24.3 Å². The van der Waals surface area contributed by atoms with Gasteiger partial charge in [-0.1, -0.05) is 64.5 Å². The molecule has 0 spiro atoms. The van der Waals surface area contributed by atoms with Crippen LogP contribution < -0.4 is 5.32 Å². The van der Waals surface area contributed by atoms with Crippen LogP contribution >= 0.6 is 0 Å². The van der Waals surface area contributed by atoms with Crippen LogP contribution in [0.1, 0.15) is 64.4 Å². The van der Waals surface area contributed by atoms with E-state index in [0.29, 0.717) is 0 Å². The van der Waals surface area contributed by atoms with E-state index in [2.05, 4.69) is 43.4 Å². The Hall–Kier alpha value is -0.980. The number of anilines is 1. The molecule has 0 atom stereocenters. The molecule has 102 valence electrons. The monoisotopic (exact) mass is 247 g/mol. The van der Waals surface area contributed by atoms with Crippen LogP contribution in [0.25, 0.3) is 0 Å². The van der Waals surface area contributed by atoms with E-state index in [0.717, 1.165) is 13.0 Å². The van der Waals surface area contributed by atoms with Crippen LogP contribution in [0, 0.1) is 0 Å². The summed E-state index contributed by atoms with van der Waals surface area (Å²) in [6.45, 7) is 5.58. The molecule has 0 amide bonds. The van der Waals surface area contributed by atoms with Crippen molar-refractivity contribution in [1.82, 2.24) is 0 Å². The van der Waals surface area contributed by atoms with Crippen LogP contribution in [-0.4, -0.2) is 6.54 Å². The van der Waals surface area contributed by atoms with Gasteiger partial charge in [0.1, 0.15) is 0 Å². The van der Waals surface area contributed by atoms with Gasteiger partial charge in [-0.3, -0.25) is 0 Å². The highest BCUT2D eigenvalue weighted by molar-refractivity contribution is 5.44. The largest absolute Gasteiger partial charge is 0.385 e. The number of hydrogen-bond acceptors (Lipinski definition) is 1. The van der Waals surface area contributed by atoms with Crippen molar-refractivity contribution in [3.05, 3.63) is 29.8 Å². The molecule has 0 aliphatic carbocycles. The van der Waals surface area contributed by atoms with Crippen molar-refractivity contribution in [2.75, 3.05) is 11.9 Å². The predicted molar refractivity (Wildman–Crippen MR) is 82.3 cm³/mol. The van der Waals surface area contributed by atoms with E-state index in [9.17, 15) is 0 Å². The predicted octanol–water partition coefficient (Wildman–Crippen LogP) is 5.41. The van der Waals surface area contributed by atoms with Gasteiger partial charge in [-0.05, 0) is 30.5 Å². The van der Waals surface area contributed by atoms with Crippen molar-refractivity contribution in [3.8, 4) is 0 Å². The molecule has 0 aliphatic heterocycles. The maximum absolute atomic E-state index is 3.50. The zero-order valence-electron chi connectivity index (χ0n) is 12.2. The number of rotatable bonds is 10. The third-order valence-electron chi connectivity index (χ3n) is 3.47. The molecule has 0 aliphatic rings. The fourth-order valence-corrected chi connectivity index (χ4v) is 2.17. The second kappa shape index (κ2) is 9.99.